The highest BCUT2D eigenvalue weighted by atomic mass is 16.2. The third kappa shape index (κ3) is 4.30. The summed E-state index contributed by atoms with van der Waals surface area (Å²) in [7, 11) is 0. The topological polar surface area (TPSA) is 73.5 Å². The zero-order valence-corrected chi connectivity index (χ0v) is 13.4. The van der Waals surface area contributed by atoms with Crippen molar-refractivity contribution in [3.8, 4) is 0 Å². The van der Waals surface area contributed by atoms with Crippen LogP contribution < -0.4 is 16.0 Å². The van der Waals surface area contributed by atoms with Gasteiger partial charge in [0, 0.05) is 50.4 Å². The third-order valence-electron chi connectivity index (χ3n) is 4.41. The largest absolute Gasteiger partial charge is 0.352 e. The minimum absolute atomic E-state index is 0.0370. The normalized spacial score (nSPS) is 18.2. The van der Waals surface area contributed by atoms with Gasteiger partial charge in [0.25, 0.3) is 5.91 Å². The average molecular weight is 316 g/mol. The molecule has 2 aliphatic heterocycles. The number of hydrogen-bond donors (Lipinski definition) is 3. The molecule has 1 saturated heterocycles. The molecule has 1 fully saturated rings. The maximum absolute atomic E-state index is 12.2. The Bertz CT molecular complexity index is 582. The molecule has 2 aliphatic rings. The fourth-order valence-corrected chi connectivity index (χ4v) is 3.07. The van der Waals surface area contributed by atoms with Crippen molar-refractivity contribution in [1.29, 1.82) is 0 Å². The molecule has 2 heterocycles. The molecule has 3 N–H and O–H groups in total. The summed E-state index contributed by atoms with van der Waals surface area (Å²) in [4.78, 5) is 26.0. The summed E-state index contributed by atoms with van der Waals surface area (Å²) in [5, 5.41) is 9.15. The van der Waals surface area contributed by atoms with Crippen LogP contribution in [0.1, 0.15) is 28.8 Å². The van der Waals surface area contributed by atoms with Gasteiger partial charge >= 0.3 is 0 Å². The van der Waals surface area contributed by atoms with E-state index in [1.807, 2.05) is 12.1 Å². The first-order valence-electron chi connectivity index (χ1n) is 8.36. The Labute approximate surface area is 136 Å². The molecule has 3 rings (SSSR count). The Morgan fingerprint density at radius 1 is 1.22 bits per heavy atom. The Kier molecular flexibility index (Phi) is 5.25. The first kappa shape index (κ1) is 16.0. The summed E-state index contributed by atoms with van der Waals surface area (Å²) < 4.78 is 0. The van der Waals surface area contributed by atoms with Crippen LogP contribution in [-0.4, -0.2) is 56.0 Å². The molecule has 1 aromatic rings. The minimum atomic E-state index is -0.0370. The third-order valence-corrected chi connectivity index (χ3v) is 4.41. The first-order chi connectivity index (χ1) is 11.2. The van der Waals surface area contributed by atoms with E-state index >= 15 is 0 Å². The van der Waals surface area contributed by atoms with Gasteiger partial charge in [-0.2, -0.15) is 0 Å². The van der Waals surface area contributed by atoms with Gasteiger partial charge in [-0.25, -0.2) is 0 Å². The molecule has 124 valence electrons. The molecule has 6 heteroatoms. The van der Waals surface area contributed by atoms with Crippen LogP contribution in [0, 0.1) is 0 Å². The Morgan fingerprint density at radius 2 is 2.04 bits per heavy atom. The number of rotatable bonds is 5. The zero-order chi connectivity index (χ0) is 16.1. The second kappa shape index (κ2) is 7.57. The standard InChI is InChI=1S/C17H24N4O2/c22-16-5-3-13-12-14(2-4-15(13)20-16)17(23)19-6-1-9-21-10-7-18-8-11-21/h2,4,12,18H,1,3,5-11H2,(H,19,23)(H,20,22). The number of benzene rings is 1. The van der Waals surface area contributed by atoms with Crippen molar-refractivity contribution in [2.75, 3.05) is 44.6 Å². The number of anilines is 1. The van der Waals surface area contributed by atoms with Crippen LogP contribution >= 0.6 is 0 Å². The molecule has 0 spiro atoms. The number of fused-ring (bicyclic) bond motifs is 1. The molecular formula is C17H24N4O2. The first-order valence-corrected chi connectivity index (χ1v) is 8.36. The van der Waals surface area contributed by atoms with E-state index in [0.29, 0.717) is 24.9 Å². The number of carbonyl (C=O) groups excluding carboxylic acids is 2. The fraction of sp³-hybridized carbons (Fsp3) is 0.529. The Balaban J connectivity index is 1.45. The van der Waals surface area contributed by atoms with Gasteiger partial charge in [0.1, 0.15) is 0 Å². The van der Waals surface area contributed by atoms with E-state index < -0.39 is 0 Å². The lowest BCUT2D eigenvalue weighted by Gasteiger charge is -2.27. The number of amides is 2. The van der Waals surface area contributed by atoms with Crippen LogP contribution in [0.4, 0.5) is 5.69 Å². The van der Waals surface area contributed by atoms with Gasteiger partial charge in [0.2, 0.25) is 5.91 Å². The number of nitrogens with zero attached hydrogens (tertiary/aromatic N) is 1. The monoisotopic (exact) mass is 316 g/mol. The maximum Gasteiger partial charge on any atom is 0.251 e. The van der Waals surface area contributed by atoms with E-state index in [-0.39, 0.29) is 11.8 Å². The van der Waals surface area contributed by atoms with Gasteiger partial charge in [-0.1, -0.05) is 0 Å². The maximum atomic E-state index is 12.2. The van der Waals surface area contributed by atoms with Gasteiger partial charge in [-0.05, 0) is 43.1 Å². The molecule has 0 bridgehead atoms. The summed E-state index contributed by atoms with van der Waals surface area (Å²) in [6.45, 7) is 6.00. The van der Waals surface area contributed by atoms with Crippen LogP contribution in [0.15, 0.2) is 18.2 Å². The van der Waals surface area contributed by atoms with Crippen molar-refractivity contribution < 1.29 is 9.59 Å². The van der Waals surface area contributed by atoms with E-state index in [1.54, 1.807) is 6.07 Å². The summed E-state index contributed by atoms with van der Waals surface area (Å²) in [5.74, 6) is 0.00706. The van der Waals surface area contributed by atoms with Crippen molar-refractivity contribution in [3.05, 3.63) is 29.3 Å². The molecular weight excluding hydrogens is 292 g/mol. The summed E-state index contributed by atoms with van der Waals surface area (Å²) >= 11 is 0. The van der Waals surface area contributed by atoms with Crippen LogP contribution in [0.2, 0.25) is 0 Å². The molecule has 0 aromatic heterocycles. The molecule has 0 aliphatic carbocycles. The van der Waals surface area contributed by atoms with Crippen molar-refractivity contribution >= 4 is 17.5 Å². The smallest absolute Gasteiger partial charge is 0.251 e. The molecule has 1 aromatic carbocycles. The SMILES string of the molecule is O=C1CCc2cc(C(=O)NCCCN3CCNCC3)ccc2N1. The predicted molar refractivity (Wildman–Crippen MR) is 89.7 cm³/mol. The summed E-state index contributed by atoms with van der Waals surface area (Å²) in [6.07, 6.45) is 2.15. The average Bonchev–Trinajstić information content (AvgIpc) is 2.59. The van der Waals surface area contributed by atoms with Crippen molar-refractivity contribution in [2.24, 2.45) is 0 Å². The summed E-state index contributed by atoms with van der Waals surface area (Å²) in [6, 6.07) is 5.48. The van der Waals surface area contributed by atoms with Gasteiger partial charge in [0.05, 0.1) is 0 Å². The quantitative estimate of drug-likeness (QED) is 0.696. The Hall–Kier alpha value is -1.92. The zero-order valence-electron chi connectivity index (χ0n) is 13.4. The highest BCUT2D eigenvalue weighted by Crippen LogP contribution is 2.23. The van der Waals surface area contributed by atoms with Gasteiger partial charge < -0.3 is 20.9 Å². The van der Waals surface area contributed by atoms with Crippen molar-refractivity contribution in [3.63, 3.8) is 0 Å². The lowest BCUT2D eigenvalue weighted by molar-refractivity contribution is -0.116. The highest BCUT2D eigenvalue weighted by Gasteiger charge is 2.16. The van der Waals surface area contributed by atoms with E-state index in [4.69, 9.17) is 0 Å². The van der Waals surface area contributed by atoms with E-state index in [1.165, 1.54) is 0 Å². The summed E-state index contributed by atoms with van der Waals surface area (Å²) in [5.41, 5.74) is 2.54. The predicted octanol–water partition coefficient (Wildman–Crippen LogP) is 0.596. The van der Waals surface area contributed by atoms with Crippen LogP contribution in [0.25, 0.3) is 0 Å². The number of hydrogen-bond acceptors (Lipinski definition) is 4. The van der Waals surface area contributed by atoms with Crippen LogP contribution in [0.5, 0.6) is 0 Å². The second-order valence-electron chi connectivity index (χ2n) is 6.12. The van der Waals surface area contributed by atoms with Crippen LogP contribution in [0.3, 0.4) is 0 Å². The van der Waals surface area contributed by atoms with E-state index in [9.17, 15) is 9.59 Å². The molecule has 2 amide bonds. The Morgan fingerprint density at radius 3 is 2.87 bits per heavy atom. The van der Waals surface area contributed by atoms with Crippen molar-refractivity contribution in [1.82, 2.24) is 15.5 Å². The molecule has 23 heavy (non-hydrogen) atoms. The second-order valence-corrected chi connectivity index (χ2v) is 6.12. The minimum Gasteiger partial charge on any atom is -0.352 e. The lowest BCUT2D eigenvalue weighted by atomic mass is 10.00. The molecule has 6 nitrogen and oxygen atoms in total. The number of aryl methyl sites for hydroxylation is 1. The number of piperazine rings is 1. The molecule has 0 atom stereocenters. The van der Waals surface area contributed by atoms with Gasteiger partial charge in [-0.15, -0.1) is 0 Å². The van der Waals surface area contributed by atoms with Crippen molar-refractivity contribution in [2.45, 2.75) is 19.3 Å². The number of nitrogens with one attached hydrogen (secondary N) is 3. The number of carbonyl (C=O) groups is 2. The fourth-order valence-electron chi connectivity index (χ4n) is 3.07. The lowest BCUT2D eigenvalue weighted by Crippen LogP contribution is -2.44. The molecule has 0 unspecified atom stereocenters. The molecule has 0 radical (unpaired) electrons. The van der Waals surface area contributed by atoms with Gasteiger partial charge in [-0.3, -0.25) is 9.59 Å². The van der Waals surface area contributed by atoms with Crippen LogP contribution in [-0.2, 0) is 11.2 Å². The van der Waals surface area contributed by atoms with E-state index in [0.717, 1.165) is 50.4 Å². The van der Waals surface area contributed by atoms with E-state index in [2.05, 4.69) is 20.9 Å². The molecule has 0 saturated carbocycles. The highest BCUT2D eigenvalue weighted by molar-refractivity contribution is 5.97. The van der Waals surface area contributed by atoms with Gasteiger partial charge in [0.15, 0.2) is 0 Å².